The van der Waals surface area contributed by atoms with Gasteiger partial charge >= 0.3 is 0 Å². The largest absolute Gasteiger partial charge is 0.324 e. The molecule has 0 aliphatic carbocycles. The average molecular weight is 418 g/mol. The number of rotatable bonds is 6. The van der Waals surface area contributed by atoms with Crippen LogP contribution in [0.5, 0.6) is 0 Å². The molecular formula is C22H22N6O3. The van der Waals surface area contributed by atoms with Crippen LogP contribution < -0.4 is 5.32 Å². The Morgan fingerprint density at radius 3 is 2.29 bits per heavy atom. The fourth-order valence-electron chi connectivity index (χ4n) is 3.75. The number of benzene rings is 2. The molecule has 0 radical (unpaired) electrons. The van der Waals surface area contributed by atoms with Gasteiger partial charge in [0.15, 0.2) is 0 Å². The van der Waals surface area contributed by atoms with Gasteiger partial charge in [0.2, 0.25) is 5.91 Å². The fraction of sp³-hybridized carbons (Fsp3) is 0.273. The van der Waals surface area contributed by atoms with Crippen molar-refractivity contribution in [2.24, 2.45) is 5.92 Å². The van der Waals surface area contributed by atoms with Crippen LogP contribution in [0.3, 0.4) is 0 Å². The van der Waals surface area contributed by atoms with Crippen molar-refractivity contribution in [2.75, 3.05) is 5.32 Å². The highest BCUT2D eigenvalue weighted by Crippen LogP contribution is 2.28. The number of tetrazole rings is 1. The summed E-state index contributed by atoms with van der Waals surface area (Å²) in [6.07, 6.45) is 1.85. The van der Waals surface area contributed by atoms with Gasteiger partial charge in [-0.15, -0.1) is 5.10 Å². The van der Waals surface area contributed by atoms with Crippen molar-refractivity contribution in [2.45, 2.75) is 33.2 Å². The maximum atomic E-state index is 13.2. The minimum absolute atomic E-state index is 0.101. The Bertz CT molecular complexity index is 1120. The third kappa shape index (κ3) is 3.81. The fourth-order valence-corrected chi connectivity index (χ4v) is 3.75. The lowest BCUT2D eigenvalue weighted by Crippen LogP contribution is -2.47. The highest BCUT2D eigenvalue weighted by molar-refractivity contribution is 6.23. The van der Waals surface area contributed by atoms with Gasteiger partial charge in [0.25, 0.3) is 11.8 Å². The summed E-state index contributed by atoms with van der Waals surface area (Å²) < 4.78 is 1.53. The number of nitrogens with zero attached hydrogens (tertiary/aromatic N) is 5. The highest BCUT2D eigenvalue weighted by Gasteiger charge is 2.42. The molecule has 0 saturated carbocycles. The van der Waals surface area contributed by atoms with Crippen molar-refractivity contribution >= 4 is 23.4 Å². The molecule has 9 nitrogen and oxygen atoms in total. The van der Waals surface area contributed by atoms with Crippen LogP contribution in [0.25, 0.3) is 5.69 Å². The molecule has 158 valence electrons. The first-order valence-electron chi connectivity index (χ1n) is 9.98. The highest BCUT2D eigenvalue weighted by atomic mass is 16.2. The number of aryl methyl sites for hydroxylation is 1. The van der Waals surface area contributed by atoms with Crippen molar-refractivity contribution in [3.05, 3.63) is 65.5 Å². The van der Waals surface area contributed by atoms with Crippen LogP contribution in [0.4, 0.5) is 5.69 Å². The lowest BCUT2D eigenvalue weighted by Gasteiger charge is -2.27. The van der Waals surface area contributed by atoms with Crippen LogP contribution in [0.2, 0.25) is 0 Å². The molecule has 1 aromatic heterocycles. The first-order chi connectivity index (χ1) is 14.9. The SMILES string of the molecule is Cc1cc(NC(=O)C(CC(C)C)N2C(=O)c3ccccc3C2=O)ccc1-n1cnnn1. The van der Waals surface area contributed by atoms with E-state index in [-0.39, 0.29) is 5.92 Å². The molecule has 4 rings (SSSR count). The summed E-state index contributed by atoms with van der Waals surface area (Å²) in [6, 6.07) is 11.1. The number of hydrogen-bond donors (Lipinski definition) is 1. The van der Waals surface area contributed by atoms with Crippen molar-refractivity contribution in [3.63, 3.8) is 0 Å². The smallest absolute Gasteiger partial charge is 0.262 e. The zero-order valence-corrected chi connectivity index (χ0v) is 17.4. The van der Waals surface area contributed by atoms with Gasteiger partial charge < -0.3 is 5.32 Å². The minimum atomic E-state index is -0.910. The lowest BCUT2D eigenvalue weighted by atomic mass is 10.0. The number of nitrogens with one attached hydrogen (secondary N) is 1. The Morgan fingerprint density at radius 1 is 1.06 bits per heavy atom. The van der Waals surface area contributed by atoms with Gasteiger partial charge in [-0.2, -0.15) is 0 Å². The molecule has 9 heteroatoms. The molecule has 0 saturated heterocycles. The van der Waals surface area contributed by atoms with Gasteiger partial charge in [-0.05, 0) is 65.6 Å². The molecule has 3 aromatic rings. The number of amides is 3. The molecule has 1 aliphatic heterocycles. The minimum Gasteiger partial charge on any atom is -0.324 e. The molecular weight excluding hydrogens is 396 g/mol. The van der Waals surface area contributed by atoms with Crippen molar-refractivity contribution in [1.82, 2.24) is 25.1 Å². The zero-order valence-electron chi connectivity index (χ0n) is 17.4. The number of carbonyl (C=O) groups is 3. The predicted molar refractivity (Wildman–Crippen MR) is 113 cm³/mol. The van der Waals surface area contributed by atoms with E-state index in [2.05, 4.69) is 20.8 Å². The maximum absolute atomic E-state index is 13.2. The van der Waals surface area contributed by atoms with E-state index < -0.39 is 23.8 Å². The summed E-state index contributed by atoms with van der Waals surface area (Å²) in [5.74, 6) is -1.18. The first-order valence-corrected chi connectivity index (χ1v) is 9.98. The van der Waals surface area contributed by atoms with Crippen molar-refractivity contribution < 1.29 is 14.4 Å². The molecule has 1 aliphatic rings. The summed E-state index contributed by atoms with van der Waals surface area (Å²) >= 11 is 0. The lowest BCUT2D eigenvalue weighted by molar-refractivity contribution is -0.120. The second kappa shape index (κ2) is 8.10. The molecule has 1 N–H and O–H groups in total. The van der Waals surface area contributed by atoms with Crippen LogP contribution in [0, 0.1) is 12.8 Å². The van der Waals surface area contributed by atoms with Gasteiger partial charge in [0.1, 0.15) is 12.4 Å². The van der Waals surface area contributed by atoms with Gasteiger partial charge in [-0.3, -0.25) is 19.3 Å². The number of imide groups is 1. The van der Waals surface area contributed by atoms with E-state index in [1.165, 1.54) is 11.0 Å². The summed E-state index contributed by atoms with van der Waals surface area (Å²) in [7, 11) is 0. The number of fused-ring (bicyclic) bond motifs is 1. The molecule has 0 fully saturated rings. The summed E-state index contributed by atoms with van der Waals surface area (Å²) in [4.78, 5) is 40.1. The standard InChI is InChI=1S/C22H22N6O3/c1-13(2)10-19(28-21(30)16-6-4-5-7-17(16)22(28)31)20(29)24-15-8-9-18(14(3)11-15)27-12-23-25-26-27/h4-9,11-13,19H,10H2,1-3H3,(H,24,29). The van der Waals surface area contributed by atoms with Gasteiger partial charge in [-0.1, -0.05) is 26.0 Å². The van der Waals surface area contributed by atoms with Gasteiger partial charge in [0, 0.05) is 5.69 Å². The van der Waals surface area contributed by atoms with E-state index in [1.807, 2.05) is 20.8 Å². The molecule has 1 atom stereocenters. The maximum Gasteiger partial charge on any atom is 0.262 e. The van der Waals surface area contributed by atoms with E-state index in [9.17, 15) is 14.4 Å². The first kappa shape index (κ1) is 20.4. The number of hydrogen-bond acceptors (Lipinski definition) is 6. The quantitative estimate of drug-likeness (QED) is 0.616. The van der Waals surface area contributed by atoms with Gasteiger partial charge in [-0.25, -0.2) is 4.68 Å². The number of aromatic nitrogens is 4. The molecule has 1 unspecified atom stereocenters. The van der Waals surface area contributed by atoms with Crippen LogP contribution in [-0.2, 0) is 4.79 Å². The Labute approximate surface area is 179 Å². The van der Waals surface area contributed by atoms with Crippen LogP contribution in [0.15, 0.2) is 48.8 Å². The second-order valence-electron chi connectivity index (χ2n) is 7.92. The van der Waals surface area contributed by atoms with Crippen LogP contribution >= 0.6 is 0 Å². The third-order valence-corrected chi connectivity index (χ3v) is 5.19. The third-order valence-electron chi connectivity index (χ3n) is 5.19. The molecule has 2 heterocycles. The Morgan fingerprint density at radius 2 is 1.74 bits per heavy atom. The summed E-state index contributed by atoms with van der Waals surface area (Å²) in [5, 5.41) is 14.0. The summed E-state index contributed by atoms with van der Waals surface area (Å²) in [6.45, 7) is 5.77. The average Bonchev–Trinajstić information content (AvgIpc) is 3.34. The molecule has 3 amide bonds. The Kier molecular flexibility index (Phi) is 5.33. The molecule has 31 heavy (non-hydrogen) atoms. The van der Waals surface area contributed by atoms with E-state index >= 15 is 0 Å². The molecule has 0 bridgehead atoms. The van der Waals surface area contributed by atoms with Crippen LogP contribution in [0.1, 0.15) is 46.5 Å². The summed E-state index contributed by atoms with van der Waals surface area (Å²) in [5.41, 5.74) is 2.85. The Hall–Kier alpha value is -3.88. The Balaban J connectivity index is 1.59. The van der Waals surface area contributed by atoms with Crippen molar-refractivity contribution in [1.29, 1.82) is 0 Å². The van der Waals surface area contributed by atoms with E-state index in [1.54, 1.807) is 42.5 Å². The topological polar surface area (TPSA) is 110 Å². The van der Waals surface area contributed by atoms with Crippen LogP contribution in [-0.4, -0.2) is 48.9 Å². The van der Waals surface area contributed by atoms with E-state index in [4.69, 9.17) is 0 Å². The normalized spacial score (nSPS) is 14.1. The van der Waals surface area contributed by atoms with E-state index in [0.717, 1.165) is 16.2 Å². The van der Waals surface area contributed by atoms with Gasteiger partial charge in [0.05, 0.1) is 16.8 Å². The molecule has 2 aromatic carbocycles. The predicted octanol–water partition coefficient (Wildman–Crippen LogP) is 2.62. The number of carbonyl (C=O) groups excluding carboxylic acids is 3. The van der Waals surface area contributed by atoms with E-state index in [0.29, 0.717) is 23.2 Å². The zero-order chi connectivity index (χ0) is 22.1. The molecule has 0 spiro atoms. The number of anilines is 1. The van der Waals surface area contributed by atoms with Crippen molar-refractivity contribution in [3.8, 4) is 5.69 Å². The second-order valence-corrected chi connectivity index (χ2v) is 7.92. The monoisotopic (exact) mass is 418 g/mol.